The molecule has 0 bridgehead atoms. The first-order valence-electron chi connectivity index (χ1n) is 8.83. The molecule has 1 N–H and O–H groups in total. The van der Waals surface area contributed by atoms with Gasteiger partial charge in [0, 0.05) is 36.4 Å². The predicted octanol–water partition coefficient (Wildman–Crippen LogP) is 4.14. The molecule has 0 spiro atoms. The lowest BCUT2D eigenvalue weighted by molar-refractivity contribution is 0.102. The fourth-order valence-electron chi connectivity index (χ4n) is 2.69. The Kier molecular flexibility index (Phi) is 6.63. The minimum atomic E-state index is -3.70. The van der Waals surface area contributed by atoms with Crippen LogP contribution in [0.4, 0.5) is 5.13 Å². The summed E-state index contributed by atoms with van der Waals surface area (Å²) in [5, 5.41) is 5.02. The molecule has 0 aliphatic carbocycles. The molecule has 2 heterocycles. The lowest BCUT2D eigenvalue weighted by Crippen LogP contribution is -2.30. The lowest BCUT2D eigenvalue weighted by Gasteiger charge is -2.19. The summed E-state index contributed by atoms with van der Waals surface area (Å²) in [7, 11) is -3.70. The molecule has 3 rings (SSSR count). The summed E-state index contributed by atoms with van der Waals surface area (Å²) < 4.78 is 26.8. The number of aromatic nitrogens is 2. The number of carbonyl (C=O) groups is 1. The normalized spacial score (nSPS) is 11.6. The highest BCUT2D eigenvalue weighted by Crippen LogP contribution is 2.27. The van der Waals surface area contributed by atoms with Crippen LogP contribution >= 0.6 is 22.9 Å². The standard InChI is InChI=1S/C19H19ClN4O3S2/c1-3-24(4-2)29(26,27)14-7-8-16(20)15(10-14)18(25)23-19-22-17(12-28-19)13-6-5-9-21-11-13/h5-12H,3-4H2,1-2H3,(H,22,23,25). The third-order valence-corrected chi connectivity index (χ3v) is 7.34. The van der Waals surface area contributed by atoms with Crippen molar-refractivity contribution >= 4 is 44.0 Å². The Balaban J connectivity index is 1.86. The molecule has 2 aromatic heterocycles. The van der Waals surface area contributed by atoms with Crippen LogP contribution in [0.5, 0.6) is 0 Å². The van der Waals surface area contributed by atoms with Gasteiger partial charge in [0.1, 0.15) is 0 Å². The minimum absolute atomic E-state index is 0.0194. The van der Waals surface area contributed by atoms with Gasteiger partial charge in [0.05, 0.1) is 21.2 Å². The van der Waals surface area contributed by atoms with E-state index in [2.05, 4.69) is 15.3 Å². The number of nitrogens with one attached hydrogen (secondary N) is 1. The molecule has 10 heteroatoms. The Morgan fingerprint density at radius 2 is 2.00 bits per heavy atom. The van der Waals surface area contributed by atoms with Crippen LogP contribution < -0.4 is 5.32 Å². The van der Waals surface area contributed by atoms with Crippen LogP contribution in [0.15, 0.2) is 53.0 Å². The number of halogens is 1. The van der Waals surface area contributed by atoms with Crippen LogP contribution in [0, 0.1) is 0 Å². The first kappa shape index (κ1) is 21.4. The molecule has 3 aromatic rings. The van der Waals surface area contributed by atoms with Gasteiger partial charge in [-0.2, -0.15) is 4.31 Å². The van der Waals surface area contributed by atoms with Crippen molar-refractivity contribution in [2.75, 3.05) is 18.4 Å². The smallest absolute Gasteiger partial charge is 0.259 e. The van der Waals surface area contributed by atoms with Gasteiger partial charge >= 0.3 is 0 Å². The summed E-state index contributed by atoms with van der Waals surface area (Å²) in [5.74, 6) is -0.529. The largest absolute Gasteiger partial charge is 0.298 e. The summed E-state index contributed by atoms with van der Waals surface area (Å²) in [5.41, 5.74) is 1.58. The van der Waals surface area contributed by atoms with Crippen molar-refractivity contribution in [3.63, 3.8) is 0 Å². The highest BCUT2D eigenvalue weighted by atomic mass is 35.5. The maximum absolute atomic E-state index is 12.7. The molecule has 0 saturated carbocycles. The second-order valence-corrected chi connectivity index (χ2v) is 9.17. The SMILES string of the molecule is CCN(CC)S(=O)(=O)c1ccc(Cl)c(C(=O)Nc2nc(-c3cccnc3)cs2)c1. The molecule has 0 saturated heterocycles. The van der Waals surface area contributed by atoms with E-state index in [1.54, 1.807) is 37.7 Å². The average Bonchev–Trinajstić information content (AvgIpc) is 3.18. The number of carbonyl (C=O) groups excluding carboxylic acids is 1. The molecule has 0 fully saturated rings. The van der Waals surface area contributed by atoms with Crippen molar-refractivity contribution in [2.45, 2.75) is 18.7 Å². The van der Waals surface area contributed by atoms with Gasteiger partial charge in [-0.25, -0.2) is 13.4 Å². The fraction of sp³-hybridized carbons (Fsp3) is 0.211. The van der Waals surface area contributed by atoms with Crippen LogP contribution in [-0.2, 0) is 10.0 Å². The van der Waals surface area contributed by atoms with E-state index in [1.165, 1.54) is 33.8 Å². The molecule has 0 unspecified atom stereocenters. The van der Waals surface area contributed by atoms with E-state index < -0.39 is 15.9 Å². The summed E-state index contributed by atoms with van der Waals surface area (Å²) in [4.78, 5) is 21.2. The van der Waals surface area contributed by atoms with E-state index in [-0.39, 0.29) is 15.5 Å². The molecular weight excluding hydrogens is 432 g/mol. The van der Waals surface area contributed by atoms with E-state index in [4.69, 9.17) is 11.6 Å². The quantitative estimate of drug-likeness (QED) is 0.584. The number of nitrogens with zero attached hydrogens (tertiary/aromatic N) is 3. The lowest BCUT2D eigenvalue weighted by atomic mass is 10.2. The van der Waals surface area contributed by atoms with Crippen molar-refractivity contribution in [1.29, 1.82) is 0 Å². The molecule has 1 amide bonds. The summed E-state index contributed by atoms with van der Waals surface area (Å²) in [6.07, 6.45) is 3.35. The Morgan fingerprint density at radius 3 is 2.66 bits per heavy atom. The summed E-state index contributed by atoms with van der Waals surface area (Å²) in [6, 6.07) is 7.77. The van der Waals surface area contributed by atoms with Gasteiger partial charge < -0.3 is 0 Å². The van der Waals surface area contributed by atoms with Gasteiger partial charge in [-0.1, -0.05) is 25.4 Å². The molecule has 0 radical (unpaired) electrons. The third-order valence-electron chi connectivity index (χ3n) is 4.21. The van der Waals surface area contributed by atoms with Crippen LogP contribution in [-0.4, -0.2) is 41.7 Å². The van der Waals surface area contributed by atoms with Crippen LogP contribution in [0.2, 0.25) is 5.02 Å². The van der Waals surface area contributed by atoms with Crippen LogP contribution in [0.3, 0.4) is 0 Å². The third kappa shape index (κ3) is 4.64. The number of pyridine rings is 1. The monoisotopic (exact) mass is 450 g/mol. The zero-order chi connectivity index (χ0) is 21.0. The Morgan fingerprint density at radius 1 is 1.24 bits per heavy atom. The fourth-order valence-corrected chi connectivity index (χ4v) is 5.10. The number of rotatable bonds is 7. The van der Waals surface area contributed by atoms with Crippen LogP contribution in [0.1, 0.15) is 24.2 Å². The molecule has 0 aliphatic heterocycles. The Labute approximate surface area is 178 Å². The van der Waals surface area contributed by atoms with Crippen molar-refractivity contribution < 1.29 is 13.2 Å². The molecule has 29 heavy (non-hydrogen) atoms. The Bertz CT molecular complexity index is 1110. The first-order chi connectivity index (χ1) is 13.9. The van der Waals surface area contributed by atoms with Gasteiger partial charge in [0.25, 0.3) is 5.91 Å². The summed E-state index contributed by atoms with van der Waals surface area (Å²) in [6.45, 7) is 4.18. The number of hydrogen-bond acceptors (Lipinski definition) is 6. The van der Waals surface area contributed by atoms with Gasteiger partial charge in [-0.3, -0.25) is 15.1 Å². The molecule has 7 nitrogen and oxygen atoms in total. The molecular formula is C19H19ClN4O3S2. The highest BCUT2D eigenvalue weighted by Gasteiger charge is 2.24. The number of sulfonamides is 1. The van der Waals surface area contributed by atoms with Crippen molar-refractivity contribution in [2.24, 2.45) is 0 Å². The van der Waals surface area contributed by atoms with Crippen molar-refractivity contribution in [1.82, 2.24) is 14.3 Å². The number of anilines is 1. The summed E-state index contributed by atoms with van der Waals surface area (Å²) >= 11 is 7.42. The number of amides is 1. The number of hydrogen-bond donors (Lipinski definition) is 1. The minimum Gasteiger partial charge on any atom is -0.298 e. The molecule has 152 valence electrons. The van der Waals surface area contributed by atoms with E-state index in [0.717, 1.165) is 5.56 Å². The van der Waals surface area contributed by atoms with Gasteiger partial charge in [-0.15, -0.1) is 11.3 Å². The molecule has 0 atom stereocenters. The zero-order valence-electron chi connectivity index (χ0n) is 15.8. The van der Waals surface area contributed by atoms with E-state index in [0.29, 0.717) is 23.9 Å². The second-order valence-electron chi connectivity index (χ2n) is 5.96. The molecule has 1 aromatic carbocycles. The Hall–Kier alpha value is -2.33. The second kappa shape index (κ2) is 9.00. The van der Waals surface area contributed by atoms with Gasteiger partial charge in [-0.05, 0) is 30.3 Å². The number of benzene rings is 1. The van der Waals surface area contributed by atoms with Crippen LogP contribution in [0.25, 0.3) is 11.3 Å². The van der Waals surface area contributed by atoms with Crippen molar-refractivity contribution in [3.8, 4) is 11.3 Å². The van der Waals surface area contributed by atoms with E-state index in [1.807, 2.05) is 6.07 Å². The van der Waals surface area contributed by atoms with Gasteiger partial charge in [0.15, 0.2) is 5.13 Å². The van der Waals surface area contributed by atoms with Gasteiger partial charge in [0.2, 0.25) is 10.0 Å². The first-order valence-corrected chi connectivity index (χ1v) is 11.5. The molecule has 0 aliphatic rings. The predicted molar refractivity (Wildman–Crippen MR) is 115 cm³/mol. The maximum Gasteiger partial charge on any atom is 0.259 e. The number of thiazole rings is 1. The highest BCUT2D eigenvalue weighted by molar-refractivity contribution is 7.89. The van der Waals surface area contributed by atoms with E-state index >= 15 is 0 Å². The maximum atomic E-state index is 12.7. The topological polar surface area (TPSA) is 92.3 Å². The zero-order valence-corrected chi connectivity index (χ0v) is 18.2. The van der Waals surface area contributed by atoms with E-state index in [9.17, 15) is 13.2 Å². The van der Waals surface area contributed by atoms with Crippen molar-refractivity contribution in [3.05, 3.63) is 58.7 Å². The average molecular weight is 451 g/mol.